The molecule has 0 aliphatic carbocycles. The maximum Gasteiger partial charge on any atom is 0.573 e. The molecule has 0 heterocycles. The number of halogens is 3. The number of isothiocyanates is 1. The predicted molar refractivity (Wildman–Crippen MR) is 54.5 cm³/mol. The lowest BCUT2D eigenvalue weighted by atomic mass is 10.2. The second-order valence-corrected chi connectivity index (χ2v) is 2.84. The van der Waals surface area contributed by atoms with E-state index in [0.29, 0.717) is 0 Å². The third kappa shape index (κ3) is 3.82. The van der Waals surface area contributed by atoms with Gasteiger partial charge in [-0.3, -0.25) is 10.1 Å². The summed E-state index contributed by atoms with van der Waals surface area (Å²) >= 11 is 4.26. The molecule has 90 valence electrons. The normalized spacial score (nSPS) is 10.5. The van der Waals surface area contributed by atoms with Crippen LogP contribution < -0.4 is 4.74 Å². The van der Waals surface area contributed by atoms with Crippen LogP contribution in [0.3, 0.4) is 0 Å². The van der Waals surface area contributed by atoms with Gasteiger partial charge in [-0.1, -0.05) is 0 Å². The van der Waals surface area contributed by atoms with Crippen molar-refractivity contribution in [1.29, 1.82) is 0 Å². The molecule has 0 aliphatic heterocycles. The number of benzene rings is 1. The average Bonchev–Trinajstić information content (AvgIpc) is 2.15. The number of nitrogens with zero attached hydrogens (tertiary/aromatic N) is 2. The Labute approximate surface area is 97.7 Å². The SMILES string of the molecule is O=[N+]([O-])c1ccc(N=C=S)cc1OC(F)(F)F. The molecule has 1 aromatic carbocycles. The van der Waals surface area contributed by atoms with Gasteiger partial charge in [0.2, 0.25) is 5.75 Å². The van der Waals surface area contributed by atoms with Crippen molar-refractivity contribution in [3.63, 3.8) is 0 Å². The van der Waals surface area contributed by atoms with E-state index >= 15 is 0 Å². The van der Waals surface area contributed by atoms with Crippen LogP contribution >= 0.6 is 12.2 Å². The zero-order chi connectivity index (χ0) is 13.1. The summed E-state index contributed by atoms with van der Waals surface area (Å²) in [6.45, 7) is 0. The van der Waals surface area contributed by atoms with Crippen LogP contribution in [0.4, 0.5) is 24.5 Å². The van der Waals surface area contributed by atoms with Gasteiger partial charge in [0.15, 0.2) is 0 Å². The van der Waals surface area contributed by atoms with E-state index in [4.69, 9.17) is 0 Å². The maximum absolute atomic E-state index is 12.0. The molecule has 1 rings (SSSR count). The third-order valence-corrected chi connectivity index (χ3v) is 1.63. The molecule has 17 heavy (non-hydrogen) atoms. The average molecular weight is 264 g/mol. The van der Waals surface area contributed by atoms with E-state index in [9.17, 15) is 23.3 Å². The van der Waals surface area contributed by atoms with E-state index in [-0.39, 0.29) is 5.69 Å². The van der Waals surface area contributed by atoms with Crippen molar-refractivity contribution < 1.29 is 22.8 Å². The van der Waals surface area contributed by atoms with Crippen LogP contribution in [0.1, 0.15) is 0 Å². The molecule has 0 fully saturated rings. The minimum Gasteiger partial charge on any atom is -0.398 e. The van der Waals surface area contributed by atoms with E-state index in [1.165, 1.54) is 0 Å². The van der Waals surface area contributed by atoms with Crippen molar-refractivity contribution in [2.45, 2.75) is 6.36 Å². The van der Waals surface area contributed by atoms with Gasteiger partial charge in [-0.05, 0) is 18.3 Å². The number of ether oxygens (including phenoxy) is 1. The fourth-order valence-corrected chi connectivity index (χ4v) is 1.09. The van der Waals surface area contributed by atoms with Crippen LogP contribution in [-0.4, -0.2) is 16.4 Å². The fraction of sp³-hybridized carbons (Fsp3) is 0.125. The lowest BCUT2D eigenvalue weighted by Gasteiger charge is -2.09. The number of rotatable bonds is 3. The fourth-order valence-electron chi connectivity index (χ4n) is 0.982. The zero-order valence-corrected chi connectivity index (χ0v) is 8.71. The summed E-state index contributed by atoms with van der Waals surface area (Å²) in [6, 6.07) is 2.72. The zero-order valence-electron chi connectivity index (χ0n) is 7.89. The van der Waals surface area contributed by atoms with Crippen LogP contribution in [0, 0.1) is 10.1 Å². The number of aliphatic imine (C=N–C) groups is 1. The molecule has 0 saturated carbocycles. The van der Waals surface area contributed by atoms with E-state index < -0.39 is 22.7 Å². The van der Waals surface area contributed by atoms with Gasteiger partial charge in [-0.25, -0.2) is 0 Å². The highest BCUT2D eigenvalue weighted by molar-refractivity contribution is 7.78. The molecule has 0 aromatic heterocycles. The van der Waals surface area contributed by atoms with Gasteiger partial charge in [-0.2, -0.15) is 4.99 Å². The molecular weight excluding hydrogens is 261 g/mol. The van der Waals surface area contributed by atoms with Crippen molar-refractivity contribution in [2.24, 2.45) is 4.99 Å². The van der Waals surface area contributed by atoms with Crippen LogP contribution in [0.15, 0.2) is 23.2 Å². The molecule has 0 amide bonds. The molecule has 1 aromatic rings. The quantitative estimate of drug-likeness (QED) is 0.364. The maximum atomic E-state index is 12.0. The minimum absolute atomic E-state index is 0.0233. The molecule has 0 bridgehead atoms. The third-order valence-electron chi connectivity index (χ3n) is 1.54. The summed E-state index contributed by atoms with van der Waals surface area (Å²) in [7, 11) is 0. The molecule has 0 saturated heterocycles. The van der Waals surface area contributed by atoms with Gasteiger partial charge in [0, 0.05) is 12.1 Å². The van der Waals surface area contributed by atoms with Gasteiger partial charge in [0.1, 0.15) is 0 Å². The molecule has 5 nitrogen and oxygen atoms in total. The highest BCUT2D eigenvalue weighted by atomic mass is 32.1. The van der Waals surface area contributed by atoms with Crippen molar-refractivity contribution >= 4 is 28.8 Å². The number of nitro groups is 1. The number of thiocarbonyl (C=S) groups is 1. The van der Waals surface area contributed by atoms with Gasteiger partial charge >= 0.3 is 12.0 Å². The summed E-state index contributed by atoms with van der Waals surface area (Å²) < 4.78 is 39.5. The van der Waals surface area contributed by atoms with E-state index in [1.807, 2.05) is 5.16 Å². The van der Waals surface area contributed by atoms with Crippen LogP contribution in [0.2, 0.25) is 0 Å². The number of alkyl halides is 3. The molecule has 9 heteroatoms. The van der Waals surface area contributed by atoms with E-state index in [0.717, 1.165) is 18.2 Å². The van der Waals surface area contributed by atoms with Crippen LogP contribution in [0.5, 0.6) is 5.75 Å². The summed E-state index contributed by atoms with van der Waals surface area (Å²) in [6.07, 6.45) is -5.02. The first kappa shape index (κ1) is 13.1. The molecule has 0 unspecified atom stereocenters. The van der Waals surface area contributed by atoms with Crippen molar-refractivity contribution in [2.75, 3.05) is 0 Å². The van der Waals surface area contributed by atoms with E-state index in [2.05, 4.69) is 21.9 Å². The molecule has 0 radical (unpaired) electrons. The lowest BCUT2D eigenvalue weighted by molar-refractivity contribution is -0.388. The molecule has 0 atom stereocenters. The highest BCUT2D eigenvalue weighted by Crippen LogP contribution is 2.34. The van der Waals surface area contributed by atoms with Gasteiger partial charge in [0.05, 0.1) is 15.8 Å². The summed E-state index contributed by atoms with van der Waals surface area (Å²) in [5, 5.41) is 12.4. The Kier molecular flexibility index (Phi) is 3.77. The second kappa shape index (κ2) is 4.89. The Bertz CT molecular complexity index is 497. The molecule has 0 aliphatic rings. The molecule has 0 N–H and O–H groups in total. The first-order chi connectivity index (χ1) is 7.83. The first-order valence-corrected chi connectivity index (χ1v) is 4.36. The van der Waals surface area contributed by atoms with Gasteiger partial charge < -0.3 is 4.74 Å². The Hall–Kier alpha value is -1.99. The Morgan fingerprint density at radius 2 is 2.12 bits per heavy atom. The van der Waals surface area contributed by atoms with Crippen LogP contribution in [-0.2, 0) is 0 Å². The molecule has 0 spiro atoms. The summed E-state index contributed by atoms with van der Waals surface area (Å²) in [4.78, 5) is 12.9. The number of hydrogen-bond donors (Lipinski definition) is 0. The highest BCUT2D eigenvalue weighted by Gasteiger charge is 2.34. The smallest absolute Gasteiger partial charge is 0.398 e. The van der Waals surface area contributed by atoms with Gasteiger partial charge in [0.25, 0.3) is 0 Å². The van der Waals surface area contributed by atoms with Gasteiger partial charge in [-0.15, -0.1) is 13.2 Å². The summed E-state index contributed by atoms with van der Waals surface area (Å²) in [5.41, 5.74) is -0.838. The van der Waals surface area contributed by atoms with Crippen molar-refractivity contribution in [3.05, 3.63) is 28.3 Å². The number of nitro benzene ring substituents is 1. The minimum atomic E-state index is -5.02. The van der Waals surface area contributed by atoms with Crippen LogP contribution in [0.25, 0.3) is 0 Å². The Balaban J connectivity index is 3.25. The largest absolute Gasteiger partial charge is 0.573 e. The van der Waals surface area contributed by atoms with E-state index in [1.54, 1.807) is 0 Å². The van der Waals surface area contributed by atoms with Crippen molar-refractivity contribution in [3.8, 4) is 5.75 Å². The predicted octanol–water partition coefficient (Wildman–Crippen LogP) is 3.23. The Morgan fingerprint density at radius 3 is 2.59 bits per heavy atom. The standard InChI is InChI=1S/C8H3F3N2O3S/c9-8(10,11)16-7-3-5(12-4-17)1-2-6(7)13(14)15/h1-3H. The second-order valence-electron chi connectivity index (χ2n) is 2.66. The lowest BCUT2D eigenvalue weighted by Crippen LogP contribution is -2.17. The topological polar surface area (TPSA) is 64.7 Å². The number of hydrogen-bond acceptors (Lipinski definition) is 5. The van der Waals surface area contributed by atoms with Crippen molar-refractivity contribution in [1.82, 2.24) is 0 Å². The Morgan fingerprint density at radius 1 is 1.47 bits per heavy atom. The summed E-state index contributed by atoms with van der Waals surface area (Å²) in [5.74, 6) is -0.950. The first-order valence-electron chi connectivity index (χ1n) is 3.95. The molecular formula is C8H3F3N2O3S. The monoisotopic (exact) mass is 264 g/mol.